The fourth-order valence-electron chi connectivity index (χ4n) is 14.2. The minimum Gasteiger partial charge on any atom is -0.481 e. The number of hydrogen-bond acceptors (Lipinski definition) is 23. The summed E-state index contributed by atoms with van der Waals surface area (Å²) in [7, 11) is 0. The van der Waals surface area contributed by atoms with Crippen molar-refractivity contribution in [3.8, 4) is 0 Å². The number of hydrogen-bond donors (Lipinski definition) is 22. The van der Waals surface area contributed by atoms with Crippen LogP contribution in [0, 0.1) is 11.8 Å². The lowest BCUT2D eigenvalue weighted by Gasteiger charge is -2.32. The molecule has 0 spiro atoms. The number of nitrogens with one attached hydrogen (secondary N) is 12. The van der Waals surface area contributed by atoms with Crippen LogP contribution in [0.5, 0.6) is 0 Å². The van der Waals surface area contributed by atoms with Gasteiger partial charge in [-0.25, -0.2) is 0 Å². The molecule has 1 aromatic heterocycles. The number of primary amides is 3. The standard InChI is InChI=1S/C80H118N20O24/c1-41(2)65(97-74(118)49(21-11-13-33-82)89-71(115)52(26-30-62(105)106)91-72(116)53(27-31-63(107)108)90-70(114)51(25-29-61(103)104)88-68(112)46(83)38-60(85)102)78(122)93-48(20-10-12-32-81)69(113)94-54(37-44-40-87-47-19-9-8-18-45(44)47)75(119)92-50(24-28-59(84)101)73(117)96-56(36-43-16-6-5-7-17-43)79(123)100-35-15-23-58(100)77(121)95-55(39-64(109)110)76(120)98-66(42(3)4)80(124)99-34-14-22-57(99)67(86)111/h5-9,16-19,40-42,46,48-58,65-66,87H,10-15,20-39,81-83H2,1-4H3,(H2,84,101)(H2,85,102)(H2,86,111)(H,88,112)(H,89,115)(H,90,114)(H,91,116)(H,92,119)(H,93,122)(H,94,113)(H,95,121)(H,96,117)(H,97,118)(H,98,120)(H,103,104)(H,105,106)(H,107,108)(H,109,110)/t46-,48-,49-,50-,51-,52-,53-,54-,55-,56-,57-,58-,65-,66-/m0/s1. The lowest BCUT2D eigenvalue weighted by atomic mass is 9.99. The number of aliphatic carboxylic acids is 4. The molecule has 5 rings (SSSR count). The molecule has 2 fully saturated rings. The van der Waals surface area contributed by atoms with Gasteiger partial charge in [0.2, 0.25) is 94.5 Å². The first kappa shape index (κ1) is 102. The highest BCUT2D eigenvalue weighted by atomic mass is 16.4. The number of aromatic nitrogens is 1. The number of benzene rings is 2. The fraction of sp³-hybridized carbons (Fsp3) is 0.575. The summed E-state index contributed by atoms with van der Waals surface area (Å²) in [5.41, 5.74) is 35.4. The minimum atomic E-state index is -1.90. The van der Waals surface area contributed by atoms with E-state index < -0.39 is 279 Å². The van der Waals surface area contributed by atoms with Gasteiger partial charge in [-0.1, -0.05) is 76.2 Å². The number of carbonyl (C=O) groups excluding carboxylic acids is 16. The second-order valence-electron chi connectivity index (χ2n) is 31.3. The molecule has 682 valence electrons. The lowest BCUT2D eigenvalue weighted by molar-refractivity contribution is -0.145. The highest BCUT2D eigenvalue weighted by Gasteiger charge is 2.44. The summed E-state index contributed by atoms with van der Waals surface area (Å²) >= 11 is 0. The van der Waals surface area contributed by atoms with Gasteiger partial charge in [0.1, 0.15) is 78.5 Å². The van der Waals surface area contributed by atoms with E-state index in [1.165, 1.54) is 18.7 Å². The third-order valence-corrected chi connectivity index (χ3v) is 20.9. The van der Waals surface area contributed by atoms with Crippen LogP contribution in [0.4, 0.5) is 0 Å². The quantitative estimate of drug-likeness (QED) is 0.0235. The molecule has 3 heterocycles. The van der Waals surface area contributed by atoms with E-state index in [2.05, 4.69) is 63.5 Å². The van der Waals surface area contributed by atoms with E-state index in [4.69, 9.17) is 34.4 Å². The Morgan fingerprint density at radius 1 is 0.403 bits per heavy atom. The Morgan fingerprint density at radius 2 is 0.806 bits per heavy atom. The Hall–Kier alpha value is -12.7. The molecule has 2 aliphatic heterocycles. The van der Waals surface area contributed by atoms with Gasteiger partial charge in [-0.2, -0.15) is 0 Å². The summed E-state index contributed by atoms with van der Waals surface area (Å²) in [5, 5.41) is 66.8. The van der Waals surface area contributed by atoms with Crippen molar-refractivity contribution in [2.75, 3.05) is 26.2 Å². The SMILES string of the molecule is CC(C)[C@H](NC(=O)[C@H](CCCCN)NC(=O)[C@H](CCC(=O)O)NC(=O)[C@H](CCC(=O)O)NC(=O)[C@H](CCC(=O)O)NC(=O)[C@@H](N)CC(N)=O)C(=O)N[C@@H](CCCCN)C(=O)N[C@@H](Cc1c[nH]c2ccccc12)C(=O)N[C@@H](CCC(N)=O)C(=O)N[C@@H](Cc1ccccc1)C(=O)N1CCC[C@H]1C(=O)N[C@@H](CC(=O)O)C(=O)N[C@H](C(=O)N1CCC[C@H]1C(N)=O)C(C)C. The number of aromatic amines is 1. The van der Waals surface area contributed by atoms with E-state index in [0.717, 1.165) is 4.90 Å². The van der Waals surface area contributed by atoms with E-state index in [1.54, 1.807) is 74.6 Å². The highest BCUT2D eigenvalue weighted by molar-refractivity contribution is 6.02. The van der Waals surface area contributed by atoms with Crippen molar-refractivity contribution in [1.29, 1.82) is 0 Å². The number of unbranched alkanes of at least 4 members (excludes halogenated alkanes) is 2. The number of carboxylic acids is 4. The van der Waals surface area contributed by atoms with E-state index in [-0.39, 0.29) is 96.8 Å². The van der Waals surface area contributed by atoms with Crippen LogP contribution >= 0.6 is 0 Å². The number of nitrogens with zero attached hydrogens (tertiary/aromatic N) is 2. The van der Waals surface area contributed by atoms with Crippen LogP contribution in [0.2, 0.25) is 0 Å². The highest BCUT2D eigenvalue weighted by Crippen LogP contribution is 2.25. The van der Waals surface area contributed by atoms with Crippen LogP contribution in [-0.2, 0) is 109 Å². The topological polar surface area (TPSA) is 733 Å². The maximum Gasteiger partial charge on any atom is 0.305 e. The molecule has 3 aromatic rings. The molecule has 2 aromatic carbocycles. The molecule has 44 nitrogen and oxygen atoms in total. The summed E-state index contributed by atoms with van der Waals surface area (Å²) in [6.45, 7) is 6.49. The molecule has 16 amide bonds. The molecule has 2 aliphatic rings. The van der Waals surface area contributed by atoms with Crippen molar-refractivity contribution in [1.82, 2.24) is 73.3 Å². The molecular weight excluding hydrogens is 1620 g/mol. The summed E-state index contributed by atoms with van der Waals surface area (Å²) in [6.07, 6.45) is -4.85. The molecule has 44 heteroatoms. The van der Waals surface area contributed by atoms with Gasteiger partial charge >= 0.3 is 23.9 Å². The largest absolute Gasteiger partial charge is 0.481 e. The molecule has 0 aliphatic carbocycles. The zero-order valence-corrected chi connectivity index (χ0v) is 69.7. The van der Waals surface area contributed by atoms with Crippen LogP contribution in [-0.4, -0.2) is 264 Å². The third-order valence-electron chi connectivity index (χ3n) is 20.9. The van der Waals surface area contributed by atoms with Gasteiger partial charge in [0.15, 0.2) is 0 Å². The zero-order chi connectivity index (χ0) is 92.2. The number of fused-ring (bicyclic) bond motifs is 1. The predicted molar refractivity (Wildman–Crippen MR) is 441 cm³/mol. The first-order valence-electron chi connectivity index (χ1n) is 41.1. The number of rotatable bonds is 55. The molecule has 0 bridgehead atoms. The molecule has 0 radical (unpaired) electrons. The Bertz CT molecular complexity index is 4300. The predicted octanol–water partition coefficient (Wildman–Crippen LogP) is -5.14. The van der Waals surface area contributed by atoms with Crippen molar-refractivity contribution >= 4 is 129 Å². The van der Waals surface area contributed by atoms with Gasteiger partial charge in [-0.3, -0.25) is 95.9 Å². The van der Waals surface area contributed by atoms with Gasteiger partial charge in [-0.05, 0) is 132 Å². The van der Waals surface area contributed by atoms with E-state index in [9.17, 15) is 97.1 Å². The summed E-state index contributed by atoms with van der Waals surface area (Å²) in [4.78, 5) is 277. The molecule has 28 N–H and O–H groups in total. The number of amides is 16. The van der Waals surface area contributed by atoms with Crippen LogP contribution < -0.4 is 92.9 Å². The Morgan fingerprint density at radius 3 is 1.27 bits per heavy atom. The first-order valence-corrected chi connectivity index (χ1v) is 41.1. The monoisotopic (exact) mass is 1740 g/mol. The van der Waals surface area contributed by atoms with Crippen LogP contribution in [0.25, 0.3) is 10.9 Å². The average Bonchev–Trinajstić information content (AvgIpc) is 1.65. The van der Waals surface area contributed by atoms with Crippen molar-refractivity contribution in [3.05, 3.63) is 71.9 Å². The van der Waals surface area contributed by atoms with Gasteiger partial charge in [0.05, 0.1) is 18.9 Å². The first-order chi connectivity index (χ1) is 58.6. The second kappa shape index (κ2) is 50.6. The maximum atomic E-state index is 15.3. The average molecular weight is 1740 g/mol. The maximum absolute atomic E-state index is 15.3. The van der Waals surface area contributed by atoms with Gasteiger partial charge in [0.25, 0.3) is 0 Å². The molecule has 0 unspecified atom stereocenters. The van der Waals surface area contributed by atoms with Gasteiger partial charge < -0.3 is 128 Å². The van der Waals surface area contributed by atoms with Crippen molar-refractivity contribution in [2.24, 2.45) is 46.2 Å². The normalized spacial score (nSPS) is 16.6. The Labute approximate surface area is 713 Å². The van der Waals surface area contributed by atoms with Crippen LogP contribution in [0.1, 0.15) is 167 Å². The molecule has 124 heavy (non-hydrogen) atoms. The minimum absolute atomic E-state index is 0.0199. The summed E-state index contributed by atoms with van der Waals surface area (Å²) < 4.78 is 0. The third kappa shape index (κ3) is 32.9. The van der Waals surface area contributed by atoms with E-state index >= 15 is 19.2 Å². The summed E-state index contributed by atoms with van der Waals surface area (Å²) in [5.74, 6) is -23.7. The lowest BCUT2D eigenvalue weighted by Crippen LogP contribution is -2.61. The van der Waals surface area contributed by atoms with Crippen molar-refractivity contribution < 1.29 is 116 Å². The van der Waals surface area contributed by atoms with Crippen molar-refractivity contribution in [2.45, 2.75) is 254 Å². The number of H-pyrrole nitrogens is 1. The van der Waals surface area contributed by atoms with Gasteiger partial charge in [0, 0.05) is 68.7 Å². The number of carbonyl (C=O) groups is 20. The molecule has 14 atom stereocenters. The Balaban J connectivity index is 1.44. The number of carboxylic acid groups (broad SMARTS) is 4. The zero-order valence-electron chi connectivity index (χ0n) is 69.7. The number of para-hydroxylation sites is 1. The van der Waals surface area contributed by atoms with Gasteiger partial charge in [-0.15, -0.1) is 0 Å². The second-order valence-corrected chi connectivity index (χ2v) is 31.3. The molecular formula is C80H118N20O24. The molecule has 0 saturated carbocycles. The van der Waals surface area contributed by atoms with E-state index in [1.807, 2.05) is 0 Å². The Kier molecular flexibility index (Phi) is 41.6. The molecule has 2 saturated heterocycles. The smallest absolute Gasteiger partial charge is 0.305 e. The number of likely N-dealkylation sites (tertiary alicyclic amines) is 2. The fourth-order valence-corrected chi connectivity index (χ4v) is 14.2. The number of nitrogens with two attached hydrogens (primary N) is 6. The van der Waals surface area contributed by atoms with Crippen LogP contribution in [0.15, 0.2) is 60.8 Å². The van der Waals surface area contributed by atoms with Crippen LogP contribution in [0.3, 0.4) is 0 Å². The summed E-state index contributed by atoms with van der Waals surface area (Å²) in [6, 6.07) is -7.20. The van der Waals surface area contributed by atoms with Crippen molar-refractivity contribution in [3.63, 3.8) is 0 Å². The van der Waals surface area contributed by atoms with E-state index in [0.29, 0.717) is 28.5 Å².